The molecule has 0 aliphatic heterocycles. The Morgan fingerprint density at radius 1 is 1.00 bits per heavy atom. The molecule has 0 heterocycles. The number of likely N-dealkylation sites (N-methyl/N-ethyl adjacent to an activating group) is 1. The van der Waals surface area contributed by atoms with Crippen LogP contribution in [0, 0.1) is 0 Å². The molecule has 1 N–H and O–H groups in total. The van der Waals surface area contributed by atoms with Crippen molar-refractivity contribution in [3.63, 3.8) is 0 Å². The van der Waals surface area contributed by atoms with Crippen LogP contribution in [0.5, 0.6) is 0 Å². The lowest BCUT2D eigenvalue weighted by molar-refractivity contribution is -0.141. The molecule has 1 atom stereocenters. The number of hydrogen-bond acceptors (Lipinski definition) is 4. The Kier molecular flexibility index (Phi) is 11.1. The van der Waals surface area contributed by atoms with Gasteiger partial charge in [0.05, 0.1) is 22.0 Å². The second-order valence-electron chi connectivity index (χ2n) is 8.00. The van der Waals surface area contributed by atoms with Crippen LogP contribution < -0.4 is 9.62 Å². The van der Waals surface area contributed by atoms with Crippen molar-refractivity contribution in [3.05, 3.63) is 63.1 Å². The fraction of sp³-hybridized carbons (Fsp3) is 0.417. The zero-order valence-electron chi connectivity index (χ0n) is 19.9. The molecule has 192 valence electrons. The number of amides is 2. The Labute approximate surface area is 222 Å². The summed E-state index contributed by atoms with van der Waals surface area (Å²) in [5, 5.41) is 4.02. The third-order valence-corrected chi connectivity index (χ3v) is 7.53. The molecule has 2 amide bonds. The van der Waals surface area contributed by atoms with Gasteiger partial charge in [0.2, 0.25) is 21.8 Å². The van der Waals surface area contributed by atoms with Crippen molar-refractivity contribution < 1.29 is 18.0 Å². The Balaban J connectivity index is 2.21. The monoisotopic (exact) mass is 561 g/mol. The predicted octanol–water partition coefficient (Wildman–Crippen LogP) is 5.14. The predicted molar refractivity (Wildman–Crippen MR) is 143 cm³/mol. The van der Waals surface area contributed by atoms with Crippen molar-refractivity contribution >= 4 is 62.3 Å². The largest absolute Gasteiger partial charge is 0.355 e. The molecule has 11 heteroatoms. The van der Waals surface area contributed by atoms with E-state index in [0.29, 0.717) is 33.7 Å². The fourth-order valence-electron chi connectivity index (χ4n) is 3.66. The van der Waals surface area contributed by atoms with Crippen molar-refractivity contribution in [3.8, 4) is 0 Å². The van der Waals surface area contributed by atoms with Gasteiger partial charge in [-0.15, -0.1) is 0 Å². The van der Waals surface area contributed by atoms with Gasteiger partial charge in [0.15, 0.2) is 0 Å². The second-order valence-corrected chi connectivity index (χ2v) is 11.2. The van der Waals surface area contributed by atoms with Gasteiger partial charge >= 0.3 is 0 Å². The number of carbonyl (C=O) groups is 2. The van der Waals surface area contributed by atoms with Crippen molar-refractivity contribution in [2.45, 2.75) is 45.7 Å². The minimum atomic E-state index is -3.57. The third-order valence-electron chi connectivity index (χ3n) is 5.34. The minimum absolute atomic E-state index is 0.0524. The van der Waals surface area contributed by atoms with Gasteiger partial charge in [-0.2, -0.15) is 0 Å². The summed E-state index contributed by atoms with van der Waals surface area (Å²) in [6.07, 6.45) is 1.84. The van der Waals surface area contributed by atoms with Gasteiger partial charge in [-0.05, 0) is 61.7 Å². The van der Waals surface area contributed by atoms with E-state index in [1.54, 1.807) is 42.5 Å². The number of nitrogens with zero attached hydrogens (tertiary/aromatic N) is 2. The van der Waals surface area contributed by atoms with Crippen LogP contribution >= 0.6 is 34.8 Å². The van der Waals surface area contributed by atoms with Crippen molar-refractivity contribution in [1.82, 2.24) is 10.2 Å². The van der Waals surface area contributed by atoms with Gasteiger partial charge in [0, 0.05) is 31.1 Å². The summed E-state index contributed by atoms with van der Waals surface area (Å²) in [7, 11) is -3.57. The van der Waals surface area contributed by atoms with Gasteiger partial charge in [-0.3, -0.25) is 13.9 Å². The smallest absolute Gasteiger partial charge is 0.242 e. The van der Waals surface area contributed by atoms with Gasteiger partial charge in [-0.1, -0.05) is 47.8 Å². The van der Waals surface area contributed by atoms with Crippen LogP contribution in [0.4, 0.5) is 5.69 Å². The van der Waals surface area contributed by atoms with Gasteiger partial charge < -0.3 is 10.2 Å². The van der Waals surface area contributed by atoms with E-state index in [0.717, 1.165) is 11.8 Å². The SMILES string of the molecule is CCNC(=O)C(CC)N(Cc1ccc(Cl)c(Cl)c1)C(=O)CCCN(c1ccc(Cl)cc1)S(C)(=O)=O. The standard InChI is InChI=1S/C24H30Cl3N3O4S/c1-4-22(24(32)28-5-2)29(16-17-8-13-20(26)21(27)15-17)23(31)7-6-14-30(35(3,33)34)19-11-9-18(25)10-12-19/h8-13,15,22H,4-7,14,16H2,1-3H3,(H,28,32). The maximum Gasteiger partial charge on any atom is 0.242 e. The summed E-state index contributed by atoms with van der Waals surface area (Å²) < 4.78 is 26.0. The first-order valence-electron chi connectivity index (χ1n) is 11.2. The molecule has 0 spiro atoms. The highest BCUT2D eigenvalue weighted by Crippen LogP contribution is 2.25. The highest BCUT2D eigenvalue weighted by atomic mass is 35.5. The van der Waals surface area contributed by atoms with Gasteiger partial charge in [-0.25, -0.2) is 8.42 Å². The molecule has 0 radical (unpaired) electrons. The Morgan fingerprint density at radius 2 is 1.66 bits per heavy atom. The average molecular weight is 563 g/mol. The van der Waals surface area contributed by atoms with Crippen LogP contribution in [0.25, 0.3) is 0 Å². The molecule has 0 bridgehead atoms. The average Bonchev–Trinajstić information content (AvgIpc) is 2.79. The maximum atomic E-state index is 13.3. The molecule has 1 unspecified atom stereocenters. The molecule has 0 saturated carbocycles. The summed E-state index contributed by atoms with van der Waals surface area (Å²) in [6, 6.07) is 10.8. The lowest BCUT2D eigenvalue weighted by Gasteiger charge is -2.31. The minimum Gasteiger partial charge on any atom is -0.355 e. The van der Waals surface area contributed by atoms with Gasteiger partial charge in [0.25, 0.3) is 0 Å². The van der Waals surface area contributed by atoms with E-state index in [1.165, 1.54) is 9.21 Å². The number of benzene rings is 2. The van der Waals surface area contributed by atoms with Crippen LogP contribution in [0.1, 0.15) is 38.7 Å². The molecule has 0 saturated heterocycles. The number of sulfonamides is 1. The summed E-state index contributed by atoms with van der Waals surface area (Å²) in [6.45, 7) is 4.35. The van der Waals surface area contributed by atoms with E-state index in [2.05, 4.69) is 5.32 Å². The summed E-state index contributed by atoms with van der Waals surface area (Å²) in [4.78, 5) is 27.5. The van der Waals surface area contributed by atoms with E-state index < -0.39 is 16.1 Å². The molecule has 0 aromatic heterocycles. The molecule has 0 aliphatic carbocycles. The molecule has 2 rings (SSSR count). The maximum absolute atomic E-state index is 13.3. The number of carbonyl (C=O) groups excluding carboxylic acids is 2. The van der Waals surface area contributed by atoms with Crippen molar-refractivity contribution in [2.75, 3.05) is 23.7 Å². The first-order valence-corrected chi connectivity index (χ1v) is 14.2. The van der Waals surface area contributed by atoms with Crippen LogP contribution in [-0.2, 0) is 26.2 Å². The second kappa shape index (κ2) is 13.3. The number of halogens is 3. The Morgan fingerprint density at radius 3 is 2.20 bits per heavy atom. The molecule has 0 aliphatic rings. The number of rotatable bonds is 12. The molecule has 2 aromatic rings. The number of nitrogens with one attached hydrogen (secondary N) is 1. The quantitative estimate of drug-likeness (QED) is 0.388. The number of hydrogen-bond donors (Lipinski definition) is 1. The normalized spacial score (nSPS) is 12.2. The van der Waals surface area contributed by atoms with E-state index >= 15 is 0 Å². The van der Waals surface area contributed by atoms with Crippen molar-refractivity contribution in [1.29, 1.82) is 0 Å². The molecule has 0 fully saturated rings. The Hall–Kier alpha value is -2.00. The highest BCUT2D eigenvalue weighted by Gasteiger charge is 2.28. The van der Waals surface area contributed by atoms with Gasteiger partial charge in [0.1, 0.15) is 6.04 Å². The van der Waals surface area contributed by atoms with E-state index in [-0.39, 0.29) is 37.7 Å². The van der Waals surface area contributed by atoms with E-state index in [4.69, 9.17) is 34.8 Å². The van der Waals surface area contributed by atoms with Crippen LogP contribution in [-0.4, -0.2) is 50.5 Å². The molecule has 2 aromatic carbocycles. The van der Waals surface area contributed by atoms with Crippen LogP contribution in [0.15, 0.2) is 42.5 Å². The molecular weight excluding hydrogens is 533 g/mol. The highest BCUT2D eigenvalue weighted by molar-refractivity contribution is 7.92. The lowest BCUT2D eigenvalue weighted by Crippen LogP contribution is -2.49. The first kappa shape index (κ1) is 29.2. The zero-order valence-corrected chi connectivity index (χ0v) is 23.0. The molecular formula is C24H30Cl3N3O4S. The number of anilines is 1. The fourth-order valence-corrected chi connectivity index (χ4v) is 5.07. The lowest BCUT2D eigenvalue weighted by atomic mass is 10.1. The topological polar surface area (TPSA) is 86.8 Å². The zero-order chi connectivity index (χ0) is 26.2. The molecule has 35 heavy (non-hydrogen) atoms. The molecule has 7 nitrogen and oxygen atoms in total. The third kappa shape index (κ3) is 8.56. The first-order chi connectivity index (χ1) is 16.5. The summed E-state index contributed by atoms with van der Waals surface area (Å²) in [5.41, 5.74) is 1.19. The van der Waals surface area contributed by atoms with Crippen molar-refractivity contribution in [2.24, 2.45) is 0 Å². The van der Waals surface area contributed by atoms with Crippen LogP contribution in [0.2, 0.25) is 15.1 Å². The summed E-state index contributed by atoms with van der Waals surface area (Å²) in [5.74, 6) is -0.513. The summed E-state index contributed by atoms with van der Waals surface area (Å²) >= 11 is 18.1. The van der Waals surface area contributed by atoms with Crippen LogP contribution in [0.3, 0.4) is 0 Å². The van der Waals surface area contributed by atoms with E-state index in [1.807, 2.05) is 13.8 Å². The Bertz CT molecular complexity index is 1130. The van der Waals surface area contributed by atoms with E-state index in [9.17, 15) is 18.0 Å².